The van der Waals surface area contributed by atoms with E-state index < -0.39 is 0 Å². The van der Waals surface area contributed by atoms with E-state index in [-0.39, 0.29) is 24.1 Å². The number of benzene rings is 2. The van der Waals surface area contributed by atoms with Gasteiger partial charge in [-0.2, -0.15) is 4.52 Å². The van der Waals surface area contributed by atoms with Gasteiger partial charge in [-0.1, -0.05) is 38.1 Å². The van der Waals surface area contributed by atoms with Crippen LogP contribution >= 0.6 is 0 Å². The maximum Gasteiger partial charge on any atom is 0.351 e. The number of nitrogens with zero attached hydrogens (tertiary/aromatic N) is 4. The summed E-state index contributed by atoms with van der Waals surface area (Å²) in [6.07, 6.45) is 0. The Kier molecular flexibility index (Phi) is 4.66. The van der Waals surface area contributed by atoms with E-state index in [2.05, 4.69) is 15.4 Å². The Balaban J connectivity index is 1.80. The highest BCUT2D eigenvalue weighted by molar-refractivity contribution is 5.95. The van der Waals surface area contributed by atoms with Crippen LogP contribution < -0.4 is 11.0 Å². The molecule has 1 N–H and O–H groups in total. The molecule has 2 heterocycles. The first kappa shape index (κ1) is 18.9. The van der Waals surface area contributed by atoms with Crippen LogP contribution in [0.2, 0.25) is 0 Å². The van der Waals surface area contributed by atoms with Gasteiger partial charge in [-0.15, -0.1) is 5.10 Å². The number of fused-ring (bicyclic) bond motifs is 3. The van der Waals surface area contributed by atoms with Crippen molar-refractivity contribution in [3.63, 3.8) is 0 Å². The van der Waals surface area contributed by atoms with Crippen LogP contribution in [0.3, 0.4) is 0 Å². The van der Waals surface area contributed by atoms with Gasteiger partial charge in [-0.3, -0.25) is 9.36 Å². The summed E-state index contributed by atoms with van der Waals surface area (Å²) in [5.41, 5.74) is 3.56. The molecule has 4 rings (SSSR count). The molecule has 7 nitrogen and oxygen atoms in total. The quantitative estimate of drug-likeness (QED) is 0.580. The third-order valence-electron chi connectivity index (χ3n) is 4.96. The van der Waals surface area contributed by atoms with Gasteiger partial charge < -0.3 is 5.32 Å². The highest BCUT2D eigenvalue weighted by Crippen LogP contribution is 2.20. The minimum Gasteiger partial charge on any atom is -0.324 e. The number of para-hydroxylation sites is 1. The van der Waals surface area contributed by atoms with Crippen molar-refractivity contribution >= 4 is 28.1 Å². The molecule has 0 bridgehead atoms. The van der Waals surface area contributed by atoms with Crippen LogP contribution in [0, 0.1) is 13.8 Å². The lowest BCUT2D eigenvalue weighted by Gasteiger charge is -2.13. The van der Waals surface area contributed by atoms with E-state index in [0.717, 1.165) is 22.2 Å². The van der Waals surface area contributed by atoms with E-state index in [0.29, 0.717) is 17.0 Å². The molecule has 2 aromatic carbocycles. The standard InChI is InChI=1S/C22H23N5O2/c1-13(2)20-24-21-16-7-5-6-8-18(16)26(22(29)27(21)25-20)12-19(28)23-17-11-14(3)9-10-15(17)4/h5-11,13H,12H2,1-4H3,(H,23,28). The second-order valence-corrected chi connectivity index (χ2v) is 7.61. The maximum absolute atomic E-state index is 13.1. The van der Waals surface area contributed by atoms with E-state index in [4.69, 9.17) is 0 Å². The van der Waals surface area contributed by atoms with Crippen molar-refractivity contribution < 1.29 is 4.79 Å². The van der Waals surface area contributed by atoms with Gasteiger partial charge in [0.05, 0.1) is 5.52 Å². The summed E-state index contributed by atoms with van der Waals surface area (Å²) >= 11 is 0. The lowest BCUT2D eigenvalue weighted by atomic mass is 10.1. The molecule has 0 saturated carbocycles. The molecule has 7 heteroatoms. The summed E-state index contributed by atoms with van der Waals surface area (Å²) in [6.45, 7) is 7.75. The molecule has 2 aromatic heterocycles. The summed E-state index contributed by atoms with van der Waals surface area (Å²) in [6, 6.07) is 13.3. The number of carbonyl (C=O) groups excluding carboxylic acids is 1. The van der Waals surface area contributed by atoms with Crippen LogP contribution in [0.1, 0.15) is 36.7 Å². The number of hydrogen-bond donors (Lipinski definition) is 1. The molecule has 0 aliphatic heterocycles. The molecule has 29 heavy (non-hydrogen) atoms. The fourth-order valence-corrected chi connectivity index (χ4v) is 3.35. The highest BCUT2D eigenvalue weighted by atomic mass is 16.2. The zero-order valence-electron chi connectivity index (χ0n) is 16.9. The van der Waals surface area contributed by atoms with Gasteiger partial charge in [0.25, 0.3) is 0 Å². The molecule has 4 aromatic rings. The number of aryl methyl sites for hydroxylation is 2. The van der Waals surface area contributed by atoms with Crippen LogP contribution in [0.5, 0.6) is 0 Å². The summed E-state index contributed by atoms with van der Waals surface area (Å²) in [7, 11) is 0. The number of aromatic nitrogens is 4. The number of rotatable bonds is 4. The van der Waals surface area contributed by atoms with E-state index in [1.54, 1.807) is 0 Å². The number of nitrogens with one attached hydrogen (secondary N) is 1. The van der Waals surface area contributed by atoms with E-state index in [9.17, 15) is 9.59 Å². The van der Waals surface area contributed by atoms with Crippen molar-refractivity contribution in [2.45, 2.75) is 40.2 Å². The third-order valence-corrected chi connectivity index (χ3v) is 4.96. The van der Waals surface area contributed by atoms with Gasteiger partial charge in [0.1, 0.15) is 6.54 Å². The Morgan fingerprint density at radius 1 is 1.14 bits per heavy atom. The van der Waals surface area contributed by atoms with Crippen molar-refractivity contribution in [1.29, 1.82) is 0 Å². The SMILES string of the molecule is Cc1ccc(C)c(NC(=O)Cn2c(=O)n3nc(C(C)C)nc3c3ccccc32)c1. The van der Waals surface area contributed by atoms with Gasteiger partial charge in [-0.25, -0.2) is 9.78 Å². The van der Waals surface area contributed by atoms with Crippen LogP contribution in [-0.2, 0) is 11.3 Å². The predicted octanol–water partition coefficient (Wildman–Crippen LogP) is 3.42. The smallest absolute Gasteiger partial charge is 0.324 e. The lowest BCUT2D eigenvalue weighted by molar-refractivity contribution is -0.116. The Morgan fingerprint density at radius 2 is 1.90 bits per heavy atom. The number of hydrogen-bond acceptors (Lipinski definition) is 4. The second kappa shape index (κ2) is 7.16. The average Bonchev–Trinajstić information content (AvgIpc) is 3.14. The third kappa shape index (κ3) is 3.40. The largest absolute Gasteiger partial charge is 0.351 e. The van der Waals surface area contributed by atoms with E-state index >= 15 is 0 Å². The zero-order valence-corrected chi connectivity index (χ0v) is 16.9. The zero-order chi connectivity index (χ0) is 20.7. The monoisotopic (exact) mass is 389 g/mol. The predicted molar refractivity (Wildman–Crippen MR) is 113 cm³/mol. The molecule has 0 spiro atoms. The average molecular weight is 389 g/mol. The highest BCUT2D eigenvalue weighted by Gasteiger charge is 2.18. The molecular formula is C22H23N5O2. The van der Waals surface area contributed by atoms with Crippen molar-refractivity contribution in [2.24, 2.45) is 0 Å². The first-order valence-electron chi connectivity index (χ1n) is 9.60. The lowest BCUT2D eigenvalue weighted by Crippen LogP contribution is -2.32. The Morgan fingerprint density at radius 3 is 2.66 bits per heavy atom. The summed E-state index contributed by atoms with van der Waals surface area (Å²) in [4.78, 5) is 30.5. The molecule has 0 atom stereocenters. The molecule has 0 radical (unpaired) electrons. The summed E-state index contributed by atoms with van der Waals surface area (Å²) < 4.78 is 2.74. The molecule has 0 aliphatic carbocycles. The van der Waals surface area contributed by atoms with Gasteiger partial charge in [0.15, 0.2) is 11.5 Å². The van der Waals surface area contributed by atoms with Crippen molar-refractivity contribution in [3.8, 4) is 0 Å². The van der Waals surface area contributed by atoms with Gasteiger partial charge in [0.2, 0.25) is 5.91 Å². The minimum atomic E-state index is -0.380. The topological polar surface area (TPSA) is 81.3 Å². The molecular weight excluding hydrogens is 366 g/mol. The fourth-order valence-electron chi connectivity index (χ4n) is 3.35. The number of amides is 1. The Hall–Kier alpha value is -3.48. The molecule has 0 aliphatic rings. The van der Waals surface area contributed by atoms with Crippen LogP contribution in [0.4, 0.5) is 5.69 Å². The molecule has 0 unspecified atom stereocenters. The molecule has 0 saturated heterocycles. The second-order valence-electron chi connectivity index (χ2n) is 7.61. The van der Waals surface area contributed by atoms with Gasteiger partial charge >= 0.3 is 5.69 Å². The van der Waals surface area contributed by atoms with Crippen molar-refractivity contribution in [1.82, 2.24) is 19.2 Å². The minimum absolute atomic E-state index is 0.0918. The Bertz CT molecular complexity index is 1300. The van der Waals surface area contributed by atoms with Crippen molar-refractivity contribution in [2.75, 3.05) is 5.32 Å². The van der Waals surface area contributed by atoms with E-state index in [1.165, 1.54) is 9.08 Å². The summed E-state index contributed by atoms with van der Waals surface area (Å²) in [5, 5.41) is 8.08. The first-order valence-corrected chi connectivity index (χ1v) is 9.60. The molecule has 1 amide bonds. The molecule has 148 valence electrons. The van der Waals surface area contributed by atoms with Crippen molar-refractivity contribution in [3.05, 3.63) is 69.9 Å². The Labute approximate surface area is 168 Å². The van der Waals surface area contributed by atoms with Gasteiger partial charge in [0, 0.05) is 17.0 Å². The van der Waals surface area contributed by atoms with Crippen LogP contribution in [0.25, 0.3) is 16.6 Å². The van der Waals surface area contributed by atoms with Gasteiger partial charge in [-0.05, 0) is 43.2 Å². The maximum atomic E-state index is 13.1. The normalized spacial score (nSPS) is 11.5. The summed E-state index contributed by atoms with van der Waals surface area (Å²) in [5.74, 6) is 0.424. The fraction of sp³-hybridized carbons (Fsp3) is 0.273. The number of carbonyl (C=O) groups is 1. The first-order chi connectivity index (χ1) is 13.8. The molecule has 0 fully saturated rings. The van der Waals surface area contributed by atoms with Crippen LogP contribution in [0.15, 0.2) is 47.3 Å². The van der Waals surface area contributed by atoms with E-state index in [1.807, 2.05) is 70.2 Å². The number of anilines is 1. The van der Waals surface area contributed by atoms with Crippen LogP contribution in [-0.4, -0.2) is 25.1 Å².